The van der Waals surface area contributed by atoms with Gasteiger partial charge in [-0.2, -0.15) is 0 Å². The molecule has 122 valence electrons. The molecule has 0 aliphatic heterocycles. The molecule has 24 heavy (non-hydrogen) atoms. The van der Waals surface area contributed by atoms with Gasteiger partial charge in [-0.1, -0.05) is 12.1 Å². The van der Waals surface area contributed by atoms with Crippen molar-refractivity contribution in [2.75, 3.05) is 11.1 Å². The Labute approximate surface area is 139 Å². The molecule has 0 fully saturated rings. The Kier molecular flexibility index (Phi) is 4.33. The number of benzene rings is 2. The van der Waals surface area contributed by atoms with Crippen molar-refractivity contribution in [2.45, 2.75) is 19.8 Å². The number of hydrogen-bond acceptors (Lipinski definition) is 4. The lowest BCUT2D eigenvalue weighted by atomic mass is 10.1. The zero-order valence-corrected chi connectivity index (χ0v) is 13.3. The maximum atomic E-state index is 12.1. The summed E-state index contributed by atoms with van der Waals surface area (Å²) in [6.45, 7) is 1.85. The standard InChI is InChI=1S/C19H18N2O3/c1-12-10-19(23)24-17-11-15(7-8-16(12)17)21-18(22)9-4-13-2-5-14(20)6-3-13/h2-3,5-8,10-11H,4,9,20H2,1H3,(H,21,22). The molecule has 3 aromatic rings. The van der Waals surface area contributed by atoms with Crippen molar-refractivity contribution in [3.8, 4) is 0 Å². The summed E-state index contributed by atoms with van der Waals surface area (Å²) in [5.41, 5.74) is 8.93. The summed E-state index contributed by atoms with van der Waals surface area (Å²) in [4.78, 5) is 23.6. The second kappa shape index (κ2) is 6.58. The number of carbonyl (C=O) groups excluding carboxylic acids is 1. The lowest BCUT2D eigenvalue weighted by Crippen LogP contribution is -2.12. The molecule has 0 aliphatic rings. The van der Waals surface area contributed by atoms with Gasteiger partial charge in [-0.25, -0.2) is 4.79 Å². The molecule has 2 aromatic carbocycles. The zero-order valence-electron chi connectivity index (χ0n) is 13.3. The van der Waals surface area contributed by atoms with Crippen molar-refractivity contribution in [1.82, 2.24) is 0 Å². The number of nitrogen functional groups attached to an aromatic ring is 1. The van der Waals surface area contributed by atoms with Crippen molar-refractivity contribution < 1.29 is 9.21 Å². The summed E-state index contributed by atoms with van der Waals surface area (Å²) in [5.74, 6) is -0.0961. The molecular formula is C19H18N2O3. The van der Waals surface area contributed by atoms with Crippen LogP contribution in [0.25, 0.3) is 11.0 Å². The zero-order chi connectivity index (χ0) is 17.1. The van der Waals surface area contributed by atoms with Crippen LogP contribution in [-0.2, 0) is 11.2 Å². The third-order valence-electron chi connectivity index (χ3n) is 3.86. The Morgan fingerprint density at radius 1 is 1.12 bits per heavy atom. The monoisotopic (exact) mass is 322 g/mol. The minimum absolute atomic E-state index is 0.0961. The van der Waals surface area contributed by atoms with Crippen LogP contribution in [0.1, 0.15) is 17.5 Å². The maximum absolute atomic E-state index is 12.1. The van der Waals surface area contributed by atoms with Crippen LogP contribution in [0.15, 0.2) is 57.7 Å². The van der Waals surface area contributed by atoms with E-state index in [4.69, 9.17) is 10.2 Å². The average molecular weight is 322 g/mol. The third kappa shape index (κ3) is 3.63. The molecule has 0 saturated heterocycles. The first-order chi connectivity index (χ1) is 11.5. The van der Waals surface area contributed by atoms with Gasteiger partial charge in [-0.05, 0) is 48.7 Å². The summed E-state index contributed by atoms with van der Waals surface area (Å²) in [7, 11) is 0. The van der Waals surface area contributed by atoms with E-state index >= 15 is 0 Å². The second-order valence-electron chi connectivity index (χ2n) is 5.75. The van der Waals surface area contributed by atoms with E-state index in [1.54, 1.807) is 12.1 Å². The lowest BCUT2D eigenvalue weighted by molar-refractivity contribution is -0.116. The Bertz CT molecular complexity index is 943. The van der Waals surface area contributed by atoms with Crippen LogP contribution >= 0.6 is 0 Å². The van der Waals surface area contributed by atoms with Crippen LogP contribution in [0.2, 0.25) is 0 Å². The minimum Gasteiger partial charge on any atom is -0.423 e. The molecule has 0 saturated carbocycles. The Morgan fingerprint density at radius 3 is 2.62 bits per heavy atom. The van der Waals surface area contributed by atoms with Gasteiger partial charge < -0.3 is 15.5 Å². The predicted molar refractivity (Wildman–Crippen MR) is 95.0 cm³/mol. The molecule has 3 N–H and O–H groups in total. The van der Waals surface area contributed by atoms with Crippen LogP contribution in [0.5, 0.6) is 0 Å². The second-order valence-corrected chi connectivity index (χ2v) is 5.75. The SMILES string of the molecule is Cc1cc(=O)oc2cc(NC(=O)CCc3ccc(N)cc3)ccc12. The quantitative estimate of drug-likeness (QED) is 0.570. The third-order valence-corrected chi connectivity index (χ3v) is 3.86. The molecule has 5 heteroatoms. The molecule has 0 radical (unpaired) electrons. The van der Waals surface area contributed by atoms with E-state index < -0.39 is 5.63 Å². The smallest absolute Gasteiger partial charge is 0.336 e. The number of nitrogens with two attached hydrogens (primary N) is 1. The first kappa shape index (κ1) is 15.8. The van der Waals surface area contributed by atoms with Gasteiger partial charge in [0.2, 0.25) is 5.91 Å². The number of aryl methyl sites for hydroxylation is 2. The molecule has 5 nitrogen and oxygen atoms in total. The van der Waals surface area contributed by atoms with Gasteiger partial charge in [0.15, 0.2) is 0 Å². The Hall–Kier alpha value is -3.08. The van der Waals surface area contributed by atoms with E-state index in [1.807, 2.05) is 37.3 Å². The Balaban J connectivity index is 1.69. The highest BCUT2D eigenvalue weighted by atomic mass is 16.4. The van der Waals surface area contributed by atoms with Crippen LogP contribution < -0.4 is 16.7 Å². The first-order valence-electron chi connectivity index (χ1n) is 7.70. The van der Waals surface area contributed by atoms with Crippen LogP contribution in [-0.4, -0.2) is 5.91 Å². The molecule has 0 aliphatic carbocycles. The Morgan fingerprint density at radius 2 is 1.88 bits per heavy atom. The normalized spacial score (nSPS) is 10.7. The highest BCUT2D eigenvalue weighted by Gasteiger charge is 2.07. The molecule has 0 spiro atoms. The van der Waals surface area contributed by atoms with Gasteiger partial charge >= 0.3 is 5.63 Å². The summed E-state index contributed by atoms with van der Waals surface area (Å²) < 4.78 is 5.19. The van der Waals surface area contributed by atoms with E-state index in [2.05, 4.69) is 5.32 Å². The number of rotatable bonds is 4. The number of amides is 1. The topological polar surface area (TPSA) is 85.3 Å². The summed E-state index contributed by atoms with van der Waals surface area (Å²) in [6.07, 6.45) is 0.994. The molecule has 1 amide bonds. The van der Waals surface area contributed by atoms with Crippen molar-refractivity contribution >= 4 is 28.3 Å². The van der Waals surface area contributed by atoms with E-state index in [0.29, 0.717) is 29.8 Å². The maximum Gasteiger partial charge on any atom is 0.336 e. The van der Waals surface area contributed by atoms with Gasteiger partial charge in [0.25, 0.3) is 0 Å². The number of anilines is 2. The molecular weight excluding hydrogens is 304 g/mol. The van der Waals surface area contributed by atoms with Gasteiger partial charge in [-0.15, -0.1) is 0 Å². The summed E-state index contributed by atoms with van der Waals surface area (Å²) >= 11 is 0. The number of nitrogens with one attached hydrogen (secondary N) is 1. The first-order valence-corrected chi connectivity index (χ1v) is 7.70. The molecule has 1 heterocycles. The van der Waals surface area contributed by atoms with Crippen LogP contribution in [0, 0.1) is 6.92 Å². The van der Waals surface area contributed by atoms with E-state index in [-0.39, 0.29) is 5.91 Å². The molecule has 1 aromatic heterocycles. The summed E-state index contributed by atoms with van der Waals surface area (Å²) in [5, 5.41) is 3.68. The molecule has 3 rings (SSSR count). The number of carbonyl (C=O) groups is 1. The van der Waals surface area contributed by atoms with Gasteiger partial charge in [0.05, 0.1) is 0 Å². The molecule has 0 atom stereocenters. The minimum atomic E-state index is -0.396. The predicted octanol–water partition coefficient (Wildman–Crippen LogP) is 3.25. The highest BCUT2D eigenvalue weighted by Crippen LogP contribution is 2.21. The van der Waals surface area contributed by atoms with Crippen molar-refractivity contribution in [1.29, 1.82) is 0 Å². The molecule has 0 unspecified atom stereocenters. The van der Waals surface area contributed by atoms with Crippen LogP contribution in [0.3, 0.4) is 0 Å². The fraction of sp³-hybridized carbons (Fsp3) is 0.158. The highest BCUT2D eigenvalue weighted by molar-refractivity contribution is 5.93. The molecule has 0 bridgehead atoms. The van der Waals surface area contributed by atoms with E-state index in [9.17, 15) is 9.59 Å². The number of hydrogen-bond donors (Lipinski definition) is 2. The number of fused-ring (bicyclic) bond motifs is 1. The average Bonchev–Trinajstić information content (AvgIpc) is 2.54. The van der Waals surface area contributed by atoms with Gasteiger partial charge in [-0.3, -0.25) is 4.79 Å². The van der Waals surface area contributed by atoms with Gasteiger partial charge in [0, 0.05) is 35.3 Å². The van der Waals surface area contributed by atoms with Crippen molar-refractivity contribution in [3.05, 3.63) is 70.1 Å². The van der Waals surface area contributed by atoms with Crippen LogP contribution in [0.4, 0.5) is 11.4 Å². The lowest BCUT2D eigenvalue weighted by Gasteiger charge is -2.07. The summed E-state index contributed by atoms with van der Waals surface area (Å²) in [6, 6.07) is 14.2. The fourth-order valence-corrected chi connectivity index (χ4v) is 2.57. The van der Waals surface area contributed by atoms with Gasteiger partial charge in [0.1, 0.15) is 5.58 Å². The van der Waals surface area contributed by atoms with Crippen molar-refractivity contribution in [2.24, 2.45) is 0 Å². The fourth-order valence-electron chi connectivity index (χ4n) is 2.57. The van der Waals surface area contributed by atoms with E-state index in [0.717, 1.165) is 16.5 Å². The van der Waals surface area contributed by atoms with Crippen molar-refractivity contribution in [3.63, 3.8) is 0 Å². The van der Waals surface area contributed by atoms with E-state index in [1.165, 1.54) is 6.07 Å². The largest absolute Gasteiger partial charge is 0.423 e.